The maximum Gasteiger partial charge on any atom is 0.348 e. The van der Waals surface area contributed by atoms with Gasteiger partial charge in [-0.2, -0.15) is 4.98 Å². The molecule has 7 nitrogen and oxygen atoms in total. The zero-order valence-corrected chi connectivity index (χ0v) is 17.7. The van der Waals surface area contributed by atoms with E-state index in [0.29, 0.717) is 29.4 Å². The first-order chi connectivity index (χ1) is 14.0. The number of benzene rings is 1. The number of rotatable bonds is 8. The second-order valence-corrected chi connectivity index (χ2v) is 8.07. The van der Waals surface area contributed by atoms with Crippen LogP contribution in [-0.4, -0.2) is 40.0 Å². The minimum absolute atomic E-state index is 0.0420. The molecule has 2 N–H and O–H groups in total. The van der Waals surface area contributed by atoms with Crippen LogP contribution in [0.1, 0.15) is 36.1 Å². The van der Waals surface area contributed by atoms with Gasteiger partial charge in [0.1, 0.15) is 10.8 Å². The number of aromatic nitrogens is 2. The number of ether oxygens (including phenoxy) is 1. The Labute approximate surface area is 174 Å². The summed E-state index contributed by atoms with van der Waals surface area (Å²) in [7, 11) is 1.57. The highest BCUT2D eigenvalue weighted by atomic mass is 32.2. The Balaban J connectivity index is 1.75. The third kappa shape index (κ3) is 5.19. The van der Waals surface area contributed by atoms with Crippen molar-refractivity contribution in [3.05, 3.63) is 45.5 Å². The number of hydrogen-bond acceptors (Lipinski definition) is 6. The fourth-order valence-electron chi connectivity index (χ4n) is 3.57. The van der Waals surface area contributed by atoms with Crippen molar-refractivity contribution < 1.29 is 14.6 Å². The van der Waals surface area contributed by atoms with Crippen LogP contribution in [0.25, 0.3) is 0 Å². The lowest BCUT2D eigenvalue weighted by Gasteiger charge is -2.22. The van der Waals surface area contributed by atoms with Gasteiger partial charge in [0.05, 0.1) is 18.6 Å². The van der Waals surface area contributed by atoms with E-state index >= 15 is 0 Å². The molecule has 1 aromatic heterocycles. The van der Waals surface area contributed by atoms with Crippen molar-refractivity contribution >= 4 is 23.4 Å². The summed E-state index contributed by atoms with van der Waals surface area (Å²) in [5, 5.41) is 12.6. The van der Waals surface area contributed by atoms with E-state index < -0.39 is 0 Å². The summed E-state index contributed by atoms with van der Waals surface area (Å²) in [6, 6.07) is 5.61. The molecule has 0 saturated carbocycles. The maximum atomic E-state index is 12.5. The van der Waals surface area contributed by atoms with Crippen molar-refractivity contribution in [3.63, 3.8) is 0 Å². The number of nitrogens with one attached hydrogen (secondary N) is 1. The number of carbonyl (C=O) groups excluding carboxylic acids is 1. The van der Waals surface area contributed by atoms with E-state index in [2.05, 4.69) is 10.3 Å². The molecular weight excluding hydrogens is 390 g/mol. The van der Waals surface area contributed by atoms with Gasteiger partial charge >= 0.3 is 5.69 Å². The highest BCUT2D eigenvalue weighted by Crippen LogP contribution is 2.29. The smallest absolute Gasteiger partial charge is 0.348 e. The largest absolute Gasteiger partial charge is 0.495 e. The van der Waals surface area contributed by atoms with Crippen LogP contribution >= 0.6 is 11.8 Å². The first kappa shape index (κ1) is 21.4. The summed E-state index contributed by atoms with van der Waals surface area (Å²) in [5.41, 5.74) is 3.43. The lowest BCUT2D eigenvalue weighted by Crippen LogP contribution is -2.30. The Morgan fingerprint density at radius 1 is 1.34 bits per heavy atom. The summed E-state index contributed by atoms with van der Waals surface area (Å²) in [6.07, 6.45) is 4.30. The lowest BCUT2D eigenvalue weighted by molar-refractivity contribution is -0.113. The Morgan fingerprint density at radius 2 is 2.14 bits per heavy atom. The van der Waals surface area contributed by atoms with Crippen LogP contribution in [0.15, 0.2) is 28.0 Å². The molecule has 1 amide bonds. The second kappa shape index (κ2) is 9.93. The Kier molecular flexibility index (Phi) is 7.33. The lowest BCUT2D eigenvalue weighted by atomic mass is 9.97. The zero-order chi connectivity index (χ0) is 20.8. The van der Waals surface area contributed by atoms with E-state index in [9.17, 15) is 9.59 Å². The van der Waals surface area contributed by atoms with E-state index in [-0.39, 0.29) is 24.0 Å². The molecule has 8 heteroatoms. The van der Waals surface area contributed by atoms with Crippen molar-refractivity contribution in [2.75, 3.05) is 24.8 Å². The van der Waals surface area contributed by atoms with E-state index in [1.165, 1.54) is 11.8 Å². The molecule has 0 bridgehead atoms. The minimum atomic E-state index is -0.303. The zero-order valence-electron chi connectivity index (χ0n) is 16.9. The number of fused-ring (bicyclic) bond motifs is 1. The molecule has 1 aliphatic carbocycles. The van der Waals surface area contributed by atoms with Gasteiger partial charge in [-0.3, -0.25) is 9.36 Å². The first-order valence-corrected chi connectivity index (χ1v) is 10.8. The molecule has 29 heavy (non-hydrogen) atoms. The summed E-state index contributed by atoms with van der Waals surface area (Å²) in [5.74, 6) is 0.599. The van der Waals surface area contributed by atoms with Crippen LogP contribution in [0.3, 0.4) is 0 Å². The first-order valence-electron chi connectivity index (χ1n) is 9.84. The van der Waals surface area contributed by atoms with Gasteiger partial charge < -0.3 is 15.2 Å². The van der Waals surface area contributed by atoms with E-state index in [1.807, 2.05) is 25.1 Å². The Bertz CT molecular complexity index is 942. The molecule has 0 unspecified atom stereocenters. The Hall–Kier alpha value is -2.32. The van der Waals surface area contributed by atoms with E-state index in [4.69, 9.17) is 9.84 Å². The average molecular weight is 418 g/mol. The molecule has 3 rings (SSSR count). The van der Waals surface area contributed by atoms with Crippen molar-refractivity contribution in [3.8, 4) is 5.75 Å². The third-order valence-electron chi connectivity index (χ3n) is 4.96. The van der Waals surface area contributed by atoms with Gasteiger partial charge in [0.2, 0.25) is 5.91 Å². The van der Waals surface area contributed by atoms with Gasteiger partial charge in [-0.15, -0.1) is 0 Å². The van der Waals surface area contributed by atoms with Crippen LogP contribution in [0.5, 0.6) is 5.75 Å². The number of amides is 1. The Morgan fingerprint density at radius 3 is 2.90 bits per heavy atom. The molecule has 0 spiro atoms. The van der Waals surface area contributed by atoms with Crippen molar-refractivity contribution in [1.82, 2.24) is 9.55 Å². The number of anilines is 1. The normalized spacial score (nSPS) is 13.1. The van der Waals surface area contributed by atoms with Crippen molar-refractivity contribution in [2.45, 2.75) is 50.6 Å². The van der Waals surface area contributed by atoms with Gasteiger partial charge in [-0.25, -0.2) is 4.79 Å². The molecule has 2 aromatic rings. The highest BCUT2D eigenvalue weighted by Gasteiger charge is 2.21. The minimum Gasteiger partial charge on any atom is -0.495 e. The predicted octanol–water partition coefficient (Wildman–Crippen LogP) is 2.55. The topological polar surface area (TPSA) is 93.5 Å². The van der Waals surface area contributed by atoms with Gasteiger partial charge in [-0.05, 0) is 56.7 Å². The second-order valence-electron chi connectivity index (χ2n) is 7.10. The SMILES string of the molecule is COc1ccc(C)cc1NC(=O)CSc1nc(=O)n(CCCO)c2c1CCCC2. The molecule has 156 valence electrons. The standard InChI is InChI=1S/C21H27N3O4S/c1-14-8-9-18(28-2)16(12-14)22-19(26)13-29-20-15-6-3-4-7-17(15)24(10-5-11-25)21(27)23-20/h8-9,12,25H,3-7,10-11,13H2,1-2H3,(H,22,26). The molecule has 1 heterocycles. The summed E-state index contributed by atoms with van der Waals surface area (Å²) in [6.45, 7) is 2.47. The molecule has 0 saturated heterocycles. The molecule has 0 atom stereocenters. The fourth-order valence-corrected chi connectivity index (χ4v) is 4.44. The third-order valence-corrected chi connectivity index (χ3v) is 5.98. The van der Waals surface area contributed by atoms with E-state index in [0.717, 1.165) is 42.5 Å². The van der Waals surface area contributed by atoms with Gasteiger partial charge in [0.25, 0.3) is 0 Å². The number of carbonyl (C=O) groups is 1. The van der Waals surface area contributed by atoms with Crippen LogP contribution < -0.4 is 15.7 Å². The van der Waals surface area contributed by atoms with Crippen molar-refractivity contribution in [2.24, 2.45) is 0 Å². The number of hydrogen-bond donors (Lipinski definition) is 2. The maximum absolute atomic E-state index is 12.5. The average Bonchev–Trinajstić information content (AvgIpc) is 2.72. The number of methoxy groups -OCH3 is 1. The summed E-state index contributed by atoms with van der Waals surface area (Å²) in [4.78, 5) is 29.3. The quantitative estimate of drug-likeness (QED) is 0.506. The number of aliphatic hydroxyl groups excluding tert-OH is 1. The molecule has 0 aliphatic heterocycles. The molecule has 1 aromatic carbocycles. The monoisotopic (exact) mass is 417 g/mol. The van der Waals surface area contributed by atoms with Crippen LogP contribution in [0.4, 0.5) is 5.69 Å². The van der Waals surface area contributed by atoms with E-state index in [1.54, 1.807) is 11.7 Å². The number of nitrogens with zero attached hydrogens (tertiary/aromatic N) is 2. The number of aliphatic hydroxyl groups is 1. The molecular formula is C21H27N3O4S. The summed E-state index contributed by atoms with van der Waals surface area (Å²) >= 11 is 1.30. The van der Waals surface area contributed by atoms with Crippen LogP contribution in [-0.2, 0) is 24.2 Å². The number of aryl methyl sites for hydroxylation is 1. The van der Waals surface area contributed by atoms with Gasteiger partial charge in [-0.1, -0.05) is 17.8 Å². The van der Waals surface area contributed by atoms with Crippen LogP contribution in [0, 0.1) is 6.92 Å². The van der Waals surface area contributed by atoms with Gasteiger partial charge in [0, 0.05) is 24.4 Å². The predicted molar refractivity (Wildman–Crippen MR) is 114 cm³/mol. The fraction of sp³-hybridized carbons (Fsp3) is 0.476. The van der Waals surface area contributed by atoms with Crippen LogP contribution in [0.2, 0.25) is 0 Å². The molecule has 1 aliphatic rings. The molecule has 0 fully saturated rings. The molecule has 0 radical (unpaired) electrons. The number of thioether (sulfide) groups is 1. The van der Waals surface area contributed by atoms with Gasteiger partial charge in [0.15, 0.2) is 0 Å². The van der Waals surface area contributed by atoms with Crippen molar-refractivity contribution in [1.29, 1.82) is 0 Å². The highest BCUT2D eigenvalue weighted by molar-refractivity contribution is 8.00. The summed E-state index contributed by atoms with van der Waals surface area (Å²) < 4.78 is 6.99.